The molecule has 1 aliphatic carbocycles. The highest BCUT2D eigenvalue weighted by Gasteiger charge is 2.29. The van der Waals surface area contributed by atoms with Crippen LogP contribution in [0.25, 0.3) is 0 Å². The van der Waals surface area contributed by atoms with Crippen LogP contribution in [-0.4, -0.2) is 30.8 Å². The Hall–Kier alpha value is -1.06. The molecule has 3 rings (SSSR count). The van der Waals surface area contributed by atoms with E-state index in [1.165, 1.54) is 50.0 Å². The van der Waals surface area contributed by atoms with Gasteiger partial charge in [-0.05, 0) is 43.2 Å². The number of hydrogen-bond donors (Lipinski definition) is 2. The maximum Gasteiger partial charge on any atom is 0.0692 e. The minimum atomic E-state index is -0.154. The van der Waals surface area contributed by atoms with Crippen molar-refractivity contribution in [2.45, 2.75) is 38.3 Å². The molecule has 0 amide bonds. The molecule has 1 saturated carbocycles. The normalized spacial score (nSPS) is 20.8. The smallest absolute Gasteiger partial charge is 0.0692 e. The first-order valence-electron chi connectivity index (χ1n) is 7.56. The minimum Gasteiger partial charge on any atom is -0.392 e. The summed E-state index contributed by atoms with van der Waals surface area (Å²) in [6, 6.07) is 8.65. The van der Waals surface area contributed by atoms with Crippen LogP contribution in [0.4, 0.5) is 5.69 Å². The first-order chi connectivity index (χ1) is 9.34. The fourth-order valence-electron chi connectivity index (χ4n) is 2.93. The molecule has 0 aromatic heterocycles. The maximum absolute atomic E-state index is 9.87. The molecule has 104 valence electrons. The zero-order valence-electron chi connectivity index (χ0n) is 11.5. The number of hydrogen-bond acceptors (Lipinski definition) is 3. The van der Waals surface area contributed by atoms with E-state index in [1.54, 1.807) is 0 Å². The molecule has 1 saturated heterocycles. The van der Waals surface area contributed by atoms with Crippen LogP contribution in [0.15, 0.2) is 24.3 Å². The monoisotopic (exact) mass is 260 g/mol. The van der Waals surface area contributed by atoms with Gasteiger partial charge < -0.3 is 15.3 Å². The summed E-state index contributed by atoms with van der Waals surface area (Å²) in [6.07, 6.45) is 4.86. The number of nitrogens with one attached hydrogen (secondary N) is 1. The van der Waals surface area contributed by atoms with Gasteiger partial charge in [0, 0.05) is 31.9 Å². The minimum absolute atomic E-state index is 0.154. The highest BCUT2D eigenvalue weighted by atomic mass is 16.3. The van der Waals surface area contributed by atoms with Gasteiger partial charge in [0.15, 0.2) is 0 Å². The molecule has 1 aromatic carbocycles. The fraction of sp³-hybridized carbons (Fsp3) is 0.625. The Kier molecular flexibility index (Phi) is 4.04. The Bertz CT molecular complexity index is 411. The van der Waals surface area contributed by atoms with Crippen molar-refractivity contribution in [3.05, 3.63) is 29.8 Å². The molecular formula is C16H24N2O. The molecule has 0 spiro atoms. The Morgan fingerprint density at radius 3 is 2.68 bits per heavy atom. The van der Waals surface area contributed by atoms with Crippen LogP contribution in [0.5, 0.6) is 0 Å². The summed E-state index contributed by atoms with van der Waals surface area (Å²) in [7, 11) is 0. The molecule has 0 radical (unpaired) electrons. The van der Waals surface area contributed by atoms with E-state index in [2.05, 4.69) is 34.5 Å². The molecule has 0 bridgehead atoms. The van der Waals surface area contributed by atoms with Gasteiger partial charge >= 0.3 is 0 Å². The summed E-state index contributed by atoms with van der Waals surface area (Å²) in [4.78, 5) is 2.48. The summed E-state index contributed by atoms with van der Waals surface area (Å²) in [5.74, 6) is 0.557. The van der Waals surface area contributed by atoms with Crippen LogP contribution >= 0.6 is 0 Å². The van der Waals surface area contributed by atoms with E-state index >= 15 is 0 Å². The second kappa shape index (κ2) is 5.93. The van der Waals surface area contributed by atoms with Crippen LogP contribution in [0.3, 0.4) is 0 Å². The third-order valence-electron chi connectivity index (χ3n) is 4.27. The molecule has 3 heteroatoms. The lowest BCUT2D eigenvalue weighted by molar-refractivity contribution is 0.148. The average molecular weight is 260 g/mol. The molecule has 1 aliphatic heterocycles. The lowest BCUT2D eigenvalue weighted by Gasteiger charge is -2.22. The Morgan fingerprint density at radius 2 is 1.95 bits per heavy atom. The Morgan fingerprint density at radius 1 is 1.21 bits per heavy atom. The summed E-state index contributed by atoms with van der Waals surface area (Å²) in [5.41, 5.74) is 2.72. The van der Waals surface area contributed by atoms with Crippen LogP contribution < -0.4 is 10.2 Å². The fourth-order valence-corrected chi connectivity index (χ4v) is 2.93. The lowest BCUT2D eigenvalue weighted by atomic mass is 10.1. The van der Waals surface area contributed by atoms with Gasteiger partial charge in [-0.3, -0.25) is 0 Å². The van der Waals surface area contributed by atoms with E-state index in [1.807, 2.05) is 0 Å². The molecule has 1 aromatic rings. The maximum atomic E-state index is 9.87. The van der Waals surface area contributed by atoms with E-state index in [0.717, 1.165) is 13.1 Å². The largest absolute Gasteiger partial charge is 0.392 e. The van der Waals surface area contributed by atoms with Gasteiger partial charge in [0.25, 0.3) is 0 Å². The van der Waals surface area contributed by atoms with Crippen molar-refractivity contribution in [2.75, 3.05) is 24.5 Å². The third kappa shape index (κ3) is 3.28. The first kappa shape index (κ1) is 12.9. The number of benzene rings is 1. The molecule has 3 nitrogen and oxygen atoms in total. The predicted molar refractivity (Wildman–Crippen MR) is 78.3 cm³/mol. The standard InChI is InChI=1S/C16H24N2O/c19-16(13-7-8-13)12-17-11-14-5-1-2-6-15(14)18-9-3-4-10-18/h1-2,5-6,13,16-17,19H,3-4,7-12H2. The Labute approximate surface area is 115 Å². The van der Waals surface area contributed by atoms with Crippen molar-refractivity contribution in [1.29, 1.82) is 0 Å². The molecule has 1 unspecified atom stereocenters. The molecule has 2 fully saturated rings. The number of para-hydroxylation sites is 1. The molecule has 1 atom stereocenters. The quantitative estimate of drug-likeness (QED) is 0.822. The van der Waals surface area contributed by atoms with Gasteiger partial charge in [-0.15, -0.1) is 0 Å². The Balaban J connectivity index is 1.56. The SMILES string of the molecule is OC(CNCc1ccccc1N1CCCC1)C1CC1. The van der Waals surface area contributed by atoms with E-state index in [-0.39, 0.29) is 6.10 Å². The summed E-state index contributed by atoms with van der Waals surface area (Å²) >= 11 is 0. The molecular weight excluding hydrogens is 236 g/mol. The van der Waals surface area contributed by atoms with Crippen LogP contribution in [0.2, 0.25) is 0 Å². The van der Waals surface area contributed by atoms with Gasteiger partial charge in [0.05, 0.1) is 6.10 Å². The van der Waals surface area contributed by atoms with E-state index in [4.69, 9.17) is 0 Å². The zero-order valence-corrected chi connectivity index (χ0v) is 11.5. The highest BCUT2D eigenvalue weighted by molar-refractivity contribution is 5.54. The van der Waals surface area contributed by atoms with Gasteiger partial charge in [0.2, 0.25) is 0 Å². The molecule has 2 aliphatic rings. The molecule has 1 heterocycles. The second-order valence-corrected chi connectivity index (χ2v) is 5.86. The van der Waals surface area contributed by atoms with Gasteiger partial charge in [-0.1, -0.05) is 18.2 Å². The van der Waals surface area contributed by atoms with Crippen molar-refractivity contribution in [1.82, 2.24) is 5.32 Å². The van der Waals surface area contributed by atoms with Crippen molar-refractivity contribution in [3.8, 4) is 0 Å². The first-order valence-corrected chi connectivity index (χ1v) is 7.56. The summed E-state index contributed by atoms with van der Waals surface area (Å²) in [6.45, 7) is 3.94. The second-order valence-electron chi connectivity index (χ2n) is 5.86. The van der Waals surface area contributed by atoms with Gasteiger partial charge in [-0.25, -0.2) is 0 Å². The molecule has 2 N–H and O–H groups in total. The van der Waals surface area contributed by atoms with Crippen LogP contribution in [0.1, 0.15) is 31.2 Å². The number of nitrogens with zero attached hydrogens (tertiary/aromatic N) is 1. The lowest BCUT2D eigenvalue weighted by Crippen LogP contribution is -2.29. The van der Waals surface area contributed by atoms with Crippen LogP contribution in [-0.2, 0) is 6.54 Å². The van der Waals surface area contributed by atoms with E-state index in [0.29, 0.717) is 5.92 Å². The topological polar surface area (TPSA) is 35.5 Å². The van der Waals surface area contributed by atoms with E-state index in [9.17, 15) is 5.11 Å². The highest BCUT2D eigenvalue weighted by Crippen LogP contribution is 2.32. The molecule has 19 heavy (non-hydrogen) atoms. The zero-order chi connectivity index (χ0) is 13.1. The number of aliphatic hydroxyl groups excluding tert-OH is 1. The van der Waals surface area contributed by atoms with Crippen molar-refractivity contribution in [3.63, 3.8) is 0 Å². The predicted octanol–water partition coefficient (Wildman–Crippen LogP) is 2.15. The number of aliphatic hydroxyl groups is 1. The summed E-state index contributed by atoms with van der Waals surface area (Å²) in [5, 5.41) is 13.3. The van der Waals surface area contributed by atoms with Gasteiger partial charge in [-0.2, -0.15) is 0 Å². The summed E-state index contributed by atoms with van der Waals surface area (Å²) < 4.78 is 0. The number of rotatable bonds is 6. The average Bonchev–Trinajstić information content (AvgIpc) is 3.15. The van der Waals surface area contributed by atoms with Crippen molar-refractivity contribution in [2.24, 2.45) is 5.92 Å². The number of anilines is 1. The van der Waals surface area contributed by atoms with Crippen molar-refractivity contribution >= 4 is 5.69 Å². The van der Waals surface area contributed by atoms with Crippen LogP contribution in [0, 0.1) is 5.92 Å². The van der Waals surface area contributed by atoms with Crippen molar-refractivity contribution < 1.29 is 5.11 Å². The third-order valence-corrected chi connectivity index (χ3v) is 4.27. The van der Waals surface area contributed by atoms with E-state index < -0.39 is 0 Å². The van der Waals surface area contributed by atoms with Gasteiger partial charge in [0.1, 0.15) is 0 Å².